The van der Waals surface area contributed by atoms with Crippen molar-refractivity contribution in [1.82, 2.24) is 14.8 Å². The van der Waals surface area contributed by atoms with Gasteiger partial charge in [0.15, 0.2) is 11.0 Å². The smallest absolute Gasteiger partial charge is 0.237 e. The van der Waals surface area contributed by atoms with Crippen LogP contribution in [0.2, 0.25) is 5.02 Å². The van der Waals surface area contributed by atoms with Gasteiger partial charge in [-0.2, -0.15) is 0 Å². The molecule has 5 nitrogen and oxygen atoms in total. The van der Waals surface area contributed by atoms with Gasteiger partial charge in [0.05, 0.1) is 10.9 Å². The number of nitrogens with zero attached hydrogens (tertiary/aromatic N) is 3. The number of aromatic nitrogens is 3. The van der Waals surface area contributed by atoms with Crippen LogP contribution in [-0.4, -0.2) is 25.9 Å². The number of amides is 1. The molecule has 3 aromatic rings. The Bertz CT molecular complexity index is 945. The summed E-state index contributed by atoms with van der Waals surface area (Å²) < 4.78 is 15.7. The predicted octanol–water partition coefficient (Wildman–Crippen LogP) is 4.88. The summed E-state index contributed by atoms with van der Waals surface area (Å²) in [6.07, 6.45) is 0. The van der Waals surface area contributed by atoms with E-state index in [0.717, 1.165) is 5.56 Å². The number of hydrogen-bond acceptors (Lipinski definition) is 4. The molecule has 1 aromatic heterocycles. The first-order valence-corrected chi connectivity index (χ1v) is 9.66. The van der Waals surface area contributed by atoms with Crippen molar-refractivity contribution in [3.63, 3.8) is 0 Å². The quantitative estimate of drug-likeness (QED) is 0.595. The molecule has 0 aliphatic carbocycles. The summed E-state index contributed by atoms with van der Waals surface area (Å²) in [6.45, 7) is 4.38. The molecule has 0 unspecified atom stereocenters. The number of para-hydroxylation sites is 1. The maximum absolute atomic E-state index is 13.7. The molecular formula is C19H18ClFN4OS. The van der Waals surface area contributed by atoms with Crippen molar-refractivity contribution in [1.29, 1.82) is 0 Å². The molecule has 0 aliphatic rings. The Balaban J connectivity index is 1.76. The van der Waals surface area contributed by atoms with Crippen molar-refractivity contribution in [3.05, 3.63) is 59.4 Å². The van der Waals surface area contributed by atoms with Crippen LogP contribution in [0.1, 0.15) is 13.8 Å². The van der Waals surface area contributed by atoms with Gasteiger partial charge < -0.3 is 9.88 Å². The van der Waals surface area contributed by atoms with Gasteiger partial charge in [0.2, 0.25) is 5.91 Å². The highest BCUT2D eigenvalue weighted by Crippen LogP contribution is 2.28. The summed E-state index contributed by atoms with van der Waals surface area (Å²) in [6, 6.07) is 13.4. The van der Waals surface area contributed by atoms with Gasteiger partial charge in [-0.15, -0.1) is 10.2 Å². The normalized spacial score (nSPS) is 12.0. The van der Waals surface area contributed by atoms with Crippen molar-refractivity contribution in [2.75, 3.05) is 5.32 Å². The Labute approximate surface area is 166 Å². The summed E-state index contributed by atoms with van der Waals surface area (Å²) >= 11 is 7.22. The summed E-state index contributed by atoms with van der Waals surface area (Å²) in [7, 11) is 0. The first-order valence-electron chi connectivity index (χ1n) is 8.40. The van der Waals surface area contributed by atoms with Gasteiger partial charge in [-0.3, -0.25) is 4.79 Å². The molecule has 1 amide bonds. The molecule has 1 heterocycles. The van der Waals surface area contributed by atoms with Crippen LogP contribution in [0, 0.1) is 5.82 Å². The van der Waals surface area contributed by atoms with E-state index in [4.69, 9.17) is 11.6 Å². The van der Waals surface area contributed by atoms with Crippen LogP contribution in [0.25, 0.3) is 11.4 Å². The Morgan fingerprint density at radius 2 is 1.93 bits per heavy atom. The van der Waals surface area contributed by atoms with E-state index in [0.29, 0.717) is 22.5 Å². The number of carbonyl (C=O) groups excluding carboxylic acids is 1. The van der Waals surface area contributed by atoms with Crippen molar-refractivity contribution in [3.8, 4) is 11.4 Å². The van der Waals surface area contributed by atoms with E-state index in [1.165, 1.54) is 23.9 Å². The second-order valence-electron chi connectivity index (χ2n) is 5.79. The highest BCUT2D eigenvalue weighted by Gasteiger charge is 2.21. The first kappa shape index (κ1) is 19.4. The summed E-state index contributed by atoms with van der Waals surface area (Å²) in [5, 5.41) is 11.9. The van der Waals surface area contributed by atoms with E-state index in [-0.39, 0.29) is 11.6 Å². The van der Waals surface area contributed by atoms with Crippen LogP contribution in [0.5, 0.6) is 0 Å². The van der Waals surface area contributed by atoms with E-state index in [2.05, 4.69) is 15.5 Å². The third kappa shape index (κ3) is 4.48. The first-order chi connectivity index (χ1) is 13.0. The molecular weight excluding hydrogens is 387 g/mol. The number of thioether (sulfide) groups is 1. The number of carbonyl (C=O) groups is 1. The minimum atomic E-state index is -0.475. The third-order valence-electron chi connectivity index (χ3n) is 3.92. The van der Waals surface area contributed by atoms with E-state index in [9.17, 15) is 9.18 Å². The maximum Gasteiger partial charge on any atom is 0.237 e. The molecule has 140 valence electrons. The van der Waals surface area contributed by atoms with Gasteiger partial charge in [0.1, 0.15) is 5.82 Å². The van der Waals surface area contributed by atoms with Gasteiger partial charge in [-0.25, -0.2) is 4.39 Å². The summed E-state index contributed by atoms with van der Waals surface area (Å²) in [4.78, 5) is 12.4. The SMILES string of the molecule is CCn1c(S[C@@H](C)C(=O)Nc2ccccc2F)nnc1-c1ccc(Cl)cc1. The van der Waals surface area contributed by atoms with E-state index in [1.54, 1.807) is 31.2 Å². The lowest BCUT2D eigenvalue weighted by Gasteiger charge is -2.13. The zero-order chi connectivity index (χ0) is 19.4. The van der Waals surface area contributed by atoms with Crippen molar-refractivity contribution in [2.24, 2.45) is 0 Å². The fraction of sp³-hybridized carbons (Fsp3) is 0.211. The molecule has 1 atom stereocenters. The van der Waals surface area contributed by atoms with Crippen molar-refractivity contribution >= 4 is 35.0 Å². The summed E-state index contributed by atoms with van der Waals surface area (Å²) in [5.41, 5.74) is 1.05. The molecule has 8 heteroatoms. The number of anilines is 1. The second-order valence-corrected chi connectivity index (χ2v) is 7.53. The molecule has 0 aliphatic heterocycles. The molecule has 0 radical (unpaired) electrons. The second kappa shape index (κ2) is 8.54. The molecule has 0 saturated heterocycles. The number of hydrogen-bond donors (Lipinski definition) is 1. The number of halogens is 2. The molecule has 27 heavy (non-hydrogen) atoms. The Morgan fingerprint density at radius 3 is 2.59 bits per heavy atom. The minimum Gasteiger partial charge on any atom is -0.323 e. The largest absolute Gasteiger partial charge is 0.323 e. The fourth-order valence-electron chi connectivity index (χ4n) is 2.48. The van der Waals surface area contributed by atoms with Crippen LogP contribution in [0.4, 0.5) is 10.1 Å². The average Bonchev–Trinajstić information content (AvgIpc) is 3.06. The average molecular weight is 405 g/mol. The molecule has 0 saturated carbocycles. The van der Waals surface area contributed by atoms with Crippen molar-refractivity contribution < 1.29 is 9.18 Å². The Hall–Kier alpha value is -2.38. The zero-order valence-corrected chi connectivity index (χ0v) is 16.4. The van der Waals surface area contributed by atoms with Gasteiger partial charge in [-0.1, -0.05) is 35.5 Å². The fourth-order valence-corrected chi connectivity index (χ4v) is 3.52. The van der Waals surface area contributed by atoms with Crippen LogP contribution in [0.3, 0.4) is 0 Å². The molecule has 3 rings (SSSR count). The number of rotatable bonds is 6. The Kier molecular flexibility index (Phi) is 6.13. The predicted molar refractivity (Wildman–Crippen MR) is 106 cm³/mol. The van der Waals surface area contributed by atoms with Gasteiger partial charge in [0, 0.05) is 17.1 Å². The monoisotopic (exact) mass is 404 g/mol. The molecule has 1 N–H and O–H groups in total. The lowest BCUT2D eigenvalue weighted by Crippen LogP contribution is -2.23. The molecule has 0 bridgehead atoms. The highest BCUT2D eigenvalue weighted by atomic mass is 35.5. The third-order valence-corrected chi connectivity index (χ3v) is 5.25. The van der Waals surface area contributed by atoms with Crippen molar-refractivity contribution in [2.45, 2.75) is 30.8 Å². The molecule has 0 spiro atoms. The number of nitrogens with one attached hydrogen (secondary N) is 1. The van der Waals surface area contributed by atoms with Crippen LogP contribution in [-0.2, 0) is 11.3 Å². The standard InChI is InChI=1S/C19H18ClFN4OS/c1-3-25-17(13-8-10-14(20)11-9-13)23-24-19(25)27-12(2)18(26)22-16-7-5-4-6-15(16)21/h4-12H,3H2,1-2H3,(H,22,26)/t12-/m0/s1. The van der Waals surface area contributed by atoms with Gasteiger partial charge in [-0.05, 0) is 50.2 Å². The lowest BCUT2D eigenvalue weighted by atomic mass is 10.2. The molecule has 0 fully saturated rings. The van der Waals surface area contributed by atoms with E-state index >= 15 is 0 Å². The number of benzene rings is 2. The topological polar surface area (TPSA) is 59.8 Å². The summed E-state index contributed by atoms with van der Waals surface area (Å²) in [5.74, 6) is -0.0630. The van der Waals surface area contributed by atoms with Crippen LogP contribution >= 0.6 is 23.4 Å². The van der Waals surface area contributed by atoms with E-state index in [1.807, 2.05) is 23.6 Å². The Morgan fingerprint density at radius 1 is 1.22 bits per heavy atom. The van der Waals surface area contributed by atoms with E-state index < -0.39 is 11.1 Å². The minimum absolute atomic E-state index is 0.161. The molecule has 2 aromatic carbocycles. The van der Waals surface area contributed by atoms with Crippen LogP contribution in [0.15, 0.2) is 53.7 Å². The van der Waals surface area contributed by atoms with Crippen LogP contribution < -0.4 is 5.32 Å². The van der Waals surface area contributed by atoms with Gasteiger partial charge in [0.25, 0.3) is 0 Å². The highest BCUT2D eigenvalue weighted by molar-refractivity contribution is 8.00. The van der Waals surface area contributed by atoms with Gasteiger partial charge >= 0.3 is 0 Å². The maximum atomic E-state index is 13.7. The zero-order valence-electron chi connectivity index (χ0n) is 14.8. The lowest BCUT2D eigenvalue weighted by molar-refractivity contribution is -0.115.